The lowest BCUT2D eigenvalue weighted by Gasteiger charge is -2.34. The average molecular weight is 344 g/mol. The summed E-state index contributed by atoms with van der Waals surface area (Å²) < 4.78 is 17.2. The molecule has 5 nitrogen and oxygen atoms in total. The van der Waals surface area contributed by atoms with E-state index in [2.05, 4.69) is 22.0 Å². The van der Waals surface area contributed by atoms with Crippen LogP contribution in [0.3, 0.4) is 0 Å². The van der Waals surface area contributed by atoms with Crippen LogP contribution in [-0.2, 0) is 11.3 Å². The summed E-state index contributed by atoms with van der Waals surface area (Å²) in [4.78, 5) is 6.92. The molecule has 0 bridgehead atoms. The molecule has 2 aromatic rings. The maximum atomic E-state index is 6.31. The van der Waals surface area contributed by atoms with Gasteiger partial charge in [-0.3, -0.25) is 4.90 Å². The van der Waals surface area contributed by atoms with Crippen molar-refractivity contribution in [1.82, 2.24) is 9.88 Å². The number of fused-ring (bicyclic) bond motifs is 2. The van der Waals surface area contributed by atoms with Crippen LogP contribution in [0.15, 0.2) is 29.8 Å². The molecule has 2 saturated heterocycles. The molecule has 0 N–H and O–H groups in total. The standard InChI is InChI=1S/C18H20N2O3S/c1-2-14-15(22-11-21-14)7-12(1)9-20-5-3-13-8-16(23-17(13)10-20)18-19-4-6-24-18/h1-2,4,6-7,13,16-17H,3,5,8-11H2/t13-,16+,17+/m1/s1. The van der Waals surface area contributed by atoms with Gasteiger partial charge in [0, 0.05) is 24.7 Å². The molecule has 0 spiro atoms. The molecule has 126 valence electrons. The fraction of sp³-hybridized carbons (Fsp3) is 0.500. The Morgan fingerprint density at radius 2 is 2.21 bits per heavy atom. The normalized spacial score (nSPS) is 28.9. The molecular weight excluding hydrogens is 324 g/mol. The fourth-order valence-electron chi connectivity index (χ4n) is 3.99. The van der Waals surface area contributed by atoms with Crippen LogP contribution >= 0.6 is 11.3 Å². The van der Waals surface area contributed by atoms with E-state index in [1.54, 1.807) is 11.3 Å². The van der Waals surface area contributed by atoms with Crippen molar-refractivity contribution in [2.24, 2.45) is 5.92 Å². The zero-order valence-corrected chi connectivity index (χ0v) is 14.2. The monoisotopic (exact) mass is 344 g/mol. The third-order valence-electron chi connectivity index (χ3n) is 5.21. The van der Waals surface area contributed by atoms with Crippen LogP contribution in [0.2, 0.25) is 0 Å². The Morgan fingerprint density at radius 1 is 1.25 bits per heavy atom. The van der Waals surface area contributed by atoms with Crippen LogP contribution in [0.5, 0.6) is 11.5 Å². The minimum Gasteiger partial charge on any atom is -0.454 e. The molecule has 3 atom stereocenters. The maximum Gasteiger partial charge on any atom is 0.231 e. The minimum absolute atomic E-state index is 0.200. The van der Waals surface area contributed by atoms with E-state index in [-0.39, 0.29) is 6.10 Å². The zero-order valence-electron chi connectivity index (χ0n) is 13.4. The number of aromatic nitrogens is 1. The van der Waals surface area contributed by atoms with E-state index in [0.717, 1.165) is 42.6 Å². The van der Waals surface area contributed by atoms with Crippen LogP contribution in [0, 0.1) is 5.92 Å². The first-order valence-electron chi connectivity index (χ1n) is 8.51. The molecule has 0 unspecified atom stereocenters. The molecule has 2 fully saturated rings. The SMILES string of the molecule is c1csc([C@@H]2C[C@H]3CCN(Cc4ccc5c(c4)OCO5)C[C@@H]3O2)n1. The number of likely N-dealkylation sites (tertiary alicyclic amines) is 1. The van der Waals surface area contributed by atoms with Crippen LogP contribution in [-0.4, -0.2) is 35.9 Å². The Labute approximate surface area is 145 Å². The van der Waals surface area contributed by atoms with Gasteiger partial charge in [-0.05, 0) is 43.0 Å². The van der Waals surface area contributed by atoms with Gasteiger partial charge in [0.2, 0.25) is 6.79 Å². The van der Waals surface area contributed by atoms with Gasteiger partial charge in [0.05, 0.1) is 6.10 Å². The Morgan fingerprint density at radius 3 is 3.12 bits per heavy atom. The quantitative estimate of drug-likeness (QED) is 0.855. The third-order valence-corrected chi connectivity index (χ3v) is 6.07. The Bertz CT molecular complexity index is 721. The Balaban J connectivity index is 1.24. The number of nitrogens with zero attached hydrogens (tertiary/aromatic N) is 2. The molecule has 0 amide bonds. The first-order chi connectivity index (χ1) is 11.8. The van der Waals surface area contributed by atoms with Crippen molar-refractivity contribution in [1.29, 1.82) is 0 Å². The molecule has 1 aromatic carbocycles. The lowest BCUT2D eigenvalue weighted by atomic mass is 9.91. The number of thiazole rings is 1. The number of rotatable bonds is 3. The molecule has 1 aromatic heterocycles. The van der Waals surface area contributed by atoms with E-state index in [1.165, 1.54) is 12.0 Å². The van der Waals surface area contributed by atoms with Crippen molar-refractivity contribution >= 4 is 11.3 Å². The van der Waals surface area contributed by atoms with E-state index >= 15 is 0 Å². The predicted octanol–water partition coefficient (Wildman–Crippen LogP) is 3.22. The highest BCUT2D eigenvalue weighted by molar-refractivity contribution is 7.09. The van der Waals surface area contributed by atoms with Gasteiger partial charge in [-0.25, -0.2) is 4.98 Å². The van der Waals surface area contributed by atoms with Gasteiger partial charge in [0.1, 0.15) is 11.1 Å². The molecule has 24 heavy (non-hydrogen) atoms. The lowest BCUT2D eigenvalue weighted by Crippen LogP contribution is -2.41. The minimum atomic E-state index is 0.200. The number of hydrogen-bond donors (Lipinski definition) is 0. The predicted molar refractivity (Wildman–Crippen MR) is 90.3 cm³/mol. The maximum absolute atomic E-state index is 6.31. The second-order valence-corrected chi connectivity index (χ2v) is 7.67. The van der Waals surface area contributed by atoms with Gasteiger partial charge >= 0.3 is 0 Å². The largest absolute Gasteiger partial charge is 0.454 e. The summed E-state index contributed by atoms with van der Waals surface area (Å²) in [5, 5.41) is 3.17. The van der Waals surface area contributed by atoms with E-state index < -0.39 is 0 Å². The summed E-state index contributed by atoms with van der Waals surface area (Å²) in [6.07, 6.45) is 4.73. The van der Waals surface area contributed by atoms with Crippen LogP contribution in [0.4, 0.5) is 0 Å². The highest BCUT2D eigenvalue weighted by Crippen LogP contribution is 2.42. The van der Waals surface area contributed by atoms with Crippen LogP contribution in [0.25, 0.3) is 0 Å². The van der Waals surface area contributed by atoms with Crippen molar-refractivity contribution < 1.29 is 14.2 Å². The number of hydrogen-bond acceptors (Lipinski definition) is 6. The lowest BCUT2D eigenvalue weighted by molar-refractivity contribution is -0.00940. The highest BCUT2D eigenvalue weighted by atomic mass is 32.1. The second-order valence-electron chi connectivity index (χ2n) is 6.74. The third kappa shape index (κ3) is 2.68. The van der Waals surface area contributed by atoms with Crippen molar-refractivity contribution in [2.75, 3.05) is 19.9 Å². The molecule has 6 heteroatoms. The van der Waals surface area contributed by atoms with Crippen LogP contribution in [0.1, 0.15) is 29.5 Å². The van der Waals surface area contributed by atoms with Gasteiger partial charge in [-0.1, -0.05) is 6.07 Å². The smallest absolute Gasteiger partial charge is 0.231 e. The summed E-state index contributed by atoms with van der Waals surface area (Å²) in [7, 11) is 0. The van der Waals surface area contributed by atoms with Crippen molar-refractivity contribution in [3.8, 4) is 11.5 Å². The highest BCUT2D eigenvalue weighted by Gasteiger charge is 2.40. The zero-order chi connectivity index (χ0) is 15.9. The summed E-state index contributed by atoms with van der Waals surface area (Å²) in [6.45, 7) is 3.40. The van der Waals surface area contributed by atoms with E-state index in [0.29, 0.717) is 18.8 Å². The number of benzene rings is 1. The van der Waals surface area contributed by atoms with Crippen molar-refractivity contribution in [2.45, 2.75) is 31.6 Å². The second kappa shape index (κ2) is 6.02. The van der Waals surface area contributed by atoms with Gasteiger partial charge in [0.15, 0.2) is 11.5 Å². The van der Waals surface area contributed by atoms with Gasteiger partial charge in [-0.2, -0.15) is 0 Å². The first-order valence-corrected chi connectivity index (χ1v) is 9.39. The average Bonchev–Trinajstić information content (AvgIpc) is 3.33. The first kappa shape index (κ1) is 14.7. The number of piperidine rings is 1. The molecule has 0 aliphatic carbocycles. The van der Waals surface area contributed by atoms with Gasteiger partial charge in [-0.15, -0.1) is 11.3 Å². The van der Waals surface area contributed by atoms with Gasteiger partial charge < -0.3 is 14.2 Å². The van der Waals surface area contributed by atoms with E-state index in [1.807, 2.05) is 17.6 Å². The van der Waals surface area contributed by atoms with Crippen molar-refractivity contribution in [3.05, 3.63) is 40.3 Å². The van der Waals surface area contributed by atoms with E-state index in [4.69, 9.17) is 14.2 Å². The molecular formula is C18H20N2O3S. The summed E-state index contributed by atoms with van der Waals surface area (Å²) >= 11 is 1.70. The van der Waals surface area contributed by atoms with Crippen molar-refractivity contribution in [3.63, 3.8) is 0 Å². The van der Waals surface area contributed by atoms with Crippen LogP contribution < -0.4 is 9.47 Å². The summed E-state index contributed by atoms with van der Waals surface area (Å²) in [6, 6.07) is 6.24. The summed E-state index contributed by atoms with van der Waals surface area (Å²) in [5.41, 5.74) is 1.27. The Kier molecular flexibility index (Phi) is 3.69. The summed E-state index contributed by atoms with van der Waals surface area (Å²) in [5.74, 6) is 2.39. The molecule has 3 aliphatic heterocycles. The molecule has 5 rings (SSSR count). The molecule has 0 saturated carbocycles. The van der Waals surface area contributed by atoms with E-state index in [9.17, 15) is 0 Å². The Hall–Kier alpha value is -1.63. The van der Waals surface area contributed by atoms with Gasteiger partial charge in [0.25, 0.3) is 0 Å². The number of ether oxygens (including phenoxy) is 3. The topological polar surface area (TPSA) is 43.8 Å². The molecule has 4 heterocycles. The molecule has 3 aliphatic rings. The molecule has 0 radical (unpaired) electrons. The fourth-order valence-corrected chi connectivity index (χ4v) is 4.67.